The van der Waals surface area contributed by atoms with Crippen LogP contribution < -0.4 is 16.0 Å². The molecule has 0 bridgehead atoms. The summed E-state index contributed by atoms with van der Waals surface area (Å²) in [6, 6.07) is -2.75. The second-order valence-corrected chi connectivity index (χ2v) is 7.13. The minimum atomic E-state index is -0.930. The molecule has 162 valence electrons. The number of nitrogens with zero attached hydrogens (tertiary/aromatic N) is 1. The number of carbonyl (C=O) groups is 4. The fourth-order valence-electron chi connectivity index (χ4n) is 2.54. The van der Waals surface area contributed by atoms with Crippen molar-refractivity contribution in [1.29, 1.82) is 0 Å². The minimum absolute atomic E-state index is 0.0533. The van der Waals surface area contributed by atoms with Gasteiger partial charge in [0.15, 0.2) is 0 Å². The molecule has 3 atom stereocenters. The second kappa shape index (κ2) is 12.1. The van der Waals surface area contributed by atoms with E-state index < -0.39 is 35.9 Å². The van der Waals surface area contributed by atoms with E-state index in [1.165, 1.54) is 13.3 Å². The Hall–Kier alpha value is -2.56. The molecule has 1 aromatic rings. The maximum Gasteiger partial charge on any atom is 0.329 e. The molecule has 0 fully saturated rings. The van der Waals surface area contributed by atoms with Gasteiger partial charge in [-0.05, 0) is 12.8 Å². The molecule has 0 spiro atoms. The van der Waals surface area contributed by atoms with Gasteiger partial charge in [0.1, 0.15) is 18.1 Å². The number of H-pyrrole nitrogens is 1. The normalized spacial score (nSPS) is 13.9. The third-order valence-electron chi connectivity index (χ3n) is 3.99. The zero-order valence-electron chi connectivity index (χ0n) is 17.0. The number of rotatable bonds is 11. The predicted molar refractivity (Wildman–Crippen MR) is 109 cm³/mol. The number of amides is 3. The maximum absolute atomic E-state index is 12.8. The van der Waals surface area contributed by atoms with Crippen LogP contribution in [0.1, 0.15) is 33.4 Å². The first-order valence-corrected chi connectivity index (χ1v) is 9.95. The SMILES string of the molecule is CCOC(=O)[C@H](CS)NC(=O)[C@@H](NC(=O)[C@H](Cc1cnc[nH]1)NC(C)=O)C(C)C. The van der Waals surface area contributed by atoms with Crippen molar-refractivity contribution in [2.75, 3.05) is 12.4 Å². The minimum Gasteiger partial charge on any atom is -0.464 e. The van der Waals surface area contributed by atoms with Crippen LogP contribution in [-0.2, 0) is 30.3 Å². The molecule has 0 saturated carbocycles. The van der Waals surface area contributed by atoms with Gasteiger partial charge in [-0.2, -0.15) is 12.6 Å². The highest BCUT2D eigenvalue weighted by Crippen LogP contribution is 2.06. The first kappa shape index (κ1) is 24.5. The Morgan fingerprint density at radius 2 is 1.83 bits per heavy atom. The zero-order valence-corrected chi connectivity index (χ0v) is 17.9. The van der Waals surface area contributed by atoms with Gasteiger partial charge in [-0.25, -0.2) is 9.78 Å². The monoisotopic (exact) mass is 427 g/mol. The lowest BCUT2D eigenvalue weighted by Crippen LogP contribution is -2.58. The molecule has 29 heavy (non-hydrogen) atoms. The molecule has 0 aliphatic rings. The lowest BCUT2D eigenvalue weighted by molar-refractivity contribution is -0.147. The average molecular weight is 428 g/mol. The molecule has 1 rings (SSSR count). The Bertz CT molecular complexity index is 695. The molecule has 0 unspecified atom stereocenters. The van der Waals surface area contributed by atoms with Gasteiger partial charge in [0.25, 0.3) is 0 Å². The van der Waals surface area contributed by atoms with Crippen LogP contribution in [-0.4, -0.2) is 64.1 Å². The first-order chi connectivity index (χ1) is 13.7. The fraction of sp³-hybridized carbons (Fsp3) is 0.611. The van der Waals surface area contributed by atoms with Crippen LogP contribution in [0, 0.1) is 5.92 Å². The van der Waals surface area contributed by atoms with Gasteiger partial charge >= 0.3 is 5.97 Å². The molecule has 4 N–H and O–H groups in total. The summed E-state index contributed by atoms with van der Waals surface area (Å²) in [6.45, 7) is 6.65. The molecule has 1 heterocycles. The summed E-state index contributed by atoms with van der Waals surface area (Å²) in [5.74, 6) is -2.26. The van der Waals surface area contributed by atoms with E-state index in [9.17, 15) is 19.2 Å². The Kier molecular flexibility index (Phi) is 10.2. The van der Waals surface area contributed by atoms with Crippen molar-refractivity contribution in [3.8, 4) is 0 Å². The summed E-state index contributed by atoms with van der Waals surface area (Å²) < 4.78 is 4.91. The van der Waals surface area contributed by atoms with Crippen molar-refractivity contribution in [3.05, 3.63) is 18.2 Å². The summed E-state index contributed by atoms with van der Waals surface area (Å²) in [4.78, 5) is 55.6. The van der Waals surface area contributed by atoms with Gasteiger partial charge in [0.2, 0.25) is 17.7 Å². The highest BCUT2D eigenvalue weighted by Gasteiger charge is 2.31. The van der Waals surface area contributed by atoms with E-state index in [1.54, 1.807) is 27.0 Å². The maximum atomic E-state index is 12.8. The van der Waals surface area contributed by atoms with Crippen molar-refractivity contribution in [2.24, 2.45) is 5.92 Å². The molecule has 0 aliphatic heterocycles. The molecular formula is C18H29N5O5S. The predicted octanol–water partition coefficient (Wildman–Crippen LogP) is -0.425. The Morgan fingerprint density at radius 3 is 2.31 bits per heavy atom. The molecule has 11 heteroatoms. The lowest BCUT2D eigenvalue weighted by Gasteiger charge is -2.26. The largest absolute Gasteiger partial charge is 0.464 e. The first-order valence-electron chi connectivity index (χ1n) is 9.32. The standard InChI is InChI=1S/C18H29N5O5S/c1-5-28-18(27)14(8-29)22-17(26)15(10(2)3)23-16(25)13(21-11(4)24)6-12-7-19-9-20-12/h7,9-10,13-15,29H,5-6,8H2,1-4H3,(H,19,20)(H,21,24)(H,22,26)(H,23,25)/t13-,14-,15-/m0/s1. The lowest BCUT2D eigenvalue weighted by atomic mass is 10.0. The van der Waals surface area contributed by atoms with E-state index in [2.05, 4.69) is 38.5 Å². The quantitative estimate of drug-likeness (QED) is 0.240. The van der Waals surface area contributed by atoms with Gasteiger partial charge in [-0.1, -0.05) is 13.8 Å². The zero-order chi connectivity index (χ0) is 22.0. The Balaban J connectivity index is 2.87. The van der Waals surface area contributed by atoms with Crippen molar-refractivity contribution in [3.63, 3.8) is 0 Å². The van der Waals surface area contributed by atoms with E-state index in [1.807, 2.05) is 0 Å². The van der Waals surface area contributed by atoms with Gasteiger partial charge < -0.3 is 25.7 Å². The highest BCUT2D eigenvalue weighted by atomic mass is 32.1. The van der Waals surface area contributed by atoms with Crippen molar-refractivity contribution < 1.29 is 23.9 Å². The molecule has 10 nitrogen and oxygen atoms in total. The number of ether oxygens (including phenoxy) is 1. The summed E-state index contributed by atoms with van der Waals surface area (Å²) in [6.07, 6.45) is 3.20. The summed E-state index contributed by atoms with van der Waals surface area (Å²) in [5, 5.41) is 7.78. The summed E-state index contributed by atoms with van der Waals surface area (Å²) >= 11 is 4.07. The number of aromatic nitrogens is 2. The van der Waals surface area contributed by atoms with Crippen LogP contribution >= 0.6 is 12.6 Å². The topological polar surface area (TPSA) is 142 Å². The van der Waals surface area contributed by atoms with Crippen LogP contribution in [0.3, 0.4) is 0 Å². The molecule has 3 amide bonds. The number of hydrogen-bond acceptors (Lipinski definition) is 7. The fourth-order valence-corrected chi connectivity index (χ4v) is 2.78. The number of imidazole rings is 1. The molecule has 1 aromatic heterocycles. The van der Waals surface area contributed by atoms with Gasteiger partial charge in [0.05, 0.1) is 12.9 Å². The van der Waals surface area contributed by atoms with Crippen molar-refractivity contribution in [1.82, 2.24) is 25.9 Å². The van der Waals surface area contributed by atoms with Gasteiger partial charge in [0, 0.05) is 31.0 Å². The number of hydrogen-bond donors (Lipinski definition) is 5. The summed E-state index contributed by atoms with van der Waals surface area (Å²) in [7, 11) is 0. The summed E-state index contributed by atoms with van der Waals surface area (Å²) in [5.41, 5.74) is 0.655. The Labute approximate surface area is 175 Å². The van der Waals surface area contributed by atoms with Crippen LogP contribution in [0.25, 0.3) is 0 Å². The van der Waals surface area contributed by atoms with Crippen molar-refractivity contribution in [2.45, 2.75) is 52.2 Å². The molecule has 0 radical (unpaired) electrons. The van der Waals surface area contributed by atoms with E-state index in [4.69, 9.17) is 4.74 Å². The number of thiol groups is 1. The van der Waals surface area contributed by atoms with E-state index in [0.717, 1.165) is 0 Å². The third kappa shape index (κ3) is 8.14. The van der Waals surface area contributed by atoms with Crippen LogP contribution in [0.4, 0.5) is 0 Å². The number of aromatic amines is 1. The smallest absolute Gasteiger partial charge is 0.329 e. The average Bonchev–Trinajstić information content (AvgIpc) is 3.15. The van der Waals surface area contributed by atoms with Crippen LogP contribution in [0.15, 0.2) is 12.5 Å². The van der Waals surface area contributed by atoms with Crippen molar-refractivity contribution >= 4 is 36.3 Å². The van der Waals surface area contributed by atoms with Crippen LogP contribution in [0.2, 0.25) is 0 Å². The molecular weight excluding hydrogens is 398 g/mol. The van der Waals surface area contributed by atoms with Crippen LogP contribution in [0.5, 0.6) is 0 Å². The number of nitrogens with one attached hydrogen (secondary N) is 4. The molecule has 0 aromatic carbocycles. The Morgan fingerprint density at radius 1 is 1.14 bits per heavy atom. The van der Waals surface area contributed by atoms with E-state index >= 15 is 0 Å². The third-order valence-corrected chi connectivity index (χ3v) is 4.36. The number of carbonyl (C=O) groups excluding carboxylic acids is 4. The number of esters is 1. The van der Waals surface area contributed by atoms with Gasteiger partial charge in [-0.3, -0.25) is 14.4 Å². The highest BCUT2D eigenvalue weighted by molar-refractivity contribution is 7.80. The van der Waals surface area contributed by atoms with E-state index in [-0.39, 0.29) is 30.6 Å². The molecule has 0 aliphatic carbocycles. The molecule has 0 saturated heterocycles. The second-order valence-electron chi connectivity index (χ2n) is 6.76. The van der Waals surface area contributed by atoms with Gasteiger partial charge in [-0.15, -0.1) is 0 Å². The van der Waals surface area contributed by atoms with E-state index in [0.29, 0.717) is 5.69 Å².